The largest absolute Gasteiger partial charge is 0.456 e. The zero-order valence-electron chi connectivity index (χ0n) is 19.1. The first-order valence-corrected chi connectivity index (χ1v) is 12.9. The third kappa shape index (κ3) is 5.30. The van der Waals surface area contributed by atoms with Gasteiger partial charge in [0.1, 0.15) is 5.76 Å². The highest BCUT2D eigenvalue weighted by Gasteiger charge is 2.35. The van der Waals surface area contributed by atoms with Crippen LogP contribution < -0.4 is 5.32 Å². The number of furan rings is 1. The Morgan fingerprint density at radius 2 is 1.55 bits per heavy atom. The summed E-state index contributed by atoms with van der Waals surface area (Å²) in [6, 6.07) is 10.3. The summed E-state index contributed by atoms with van der Waals surface area (Å²) >= 11 is 0. The van der Waals surface area contributed by atoms with Crippen LogP contribution in [0.25, 0.3) is 0 Å². The van der Waals surface area contributed by atoms with Crippen molar-refractivity contribution in [2.75, 3.05) is 26.2 Å². The van der Waals surface area contributed by atoms with Crippen molar-refractivity contribution in [1.82, 2.24) is 14.5 Å². The summed E-state index contributed by atoms with van der Waals surface area (Å²) in [6.07, 6.45) is 2.44. The number of hydrogen-bond acceptors (Lipinski definition) is 5. The first-order chi connectivity index (χ1) is 15.7. The van der Waals surface area contributed by atoms with Gasteiger partial charge in [-0.05, 0) is 63.8 Å². The van der Waals surface area contributed by atoms with E-state index in [-0.39, 0.29) is 23.8 Å². The third-order valence-electron chi connectivity index (χ3n) is 6.57. The zero-order chi connectivity index (χ0) is 23.6. The number of carbonyl (C=O) groups excluding carboxylic acids is 2. The average molecular weight is 474 g/mol. The SMILES string of the molecule is Cc1ccc(S(=O)(=O)N2CCC(C(=O)N3CCC(NC(=O)c4ccc(C)o4)CC3)CC2)cc1. The van der Waals surface area contributed by atoms with E-state index in [0.29, 0.717) is 68.3 Å². The summed E-state index contributed by atoms with van der Waals surface area (Å²) in [5.74, 6) is 0.701. The first kappa shape index (κ1) is 23.5. The Bertz CT molecular complexity index is 1090. The first-order valence-electron chi connectivity index (χ1n) is 11.5. The molecule has 0 aliphatic carbocycles. The van der Waals surface area contributed by atoms with Gasteiger partial charge in [-0.3, -0.25) is 9.59 Å². The lowest BCUT2D eigenvalue weighted by Gasteiger charge is -2.37. The number of nitrogens with one attached hydrogen (secondary N) is 1. The van der Waals surface area contributed by atoms with Gasteiger partial charge in [-0.2, -0.15) is 4.31 Å². The molecule has 2 aliphatic rings. The molecule has 9 heteroatoms. The van der Waals surface area contributed by atoms with Gasteiger partial charge in [0.15, 0.2) is 5.76 Å². The second-order valence-corrected chi connectivity index (χ2v) is 10.9. The van der Waals surface area contributed by atoms with Crippen molar-refractivity contribution >= 4 is 21.8 Å². The number of nitrogens with zero attached hydrogens (tertiary/aromatic N) is 2. The number of rotatable bonds is 5. The predicted molar refractivity (Wildman–Crippen MR) is 123 cm³/mol. The van der Waals surface area contributed by atoms with Crippen molar-refractivity contribution in [3.63, 3.8) is 0 Å². The molecule has 2 aliphatic heterocycles. The van der Waals surface area contributed by atoms with E-state index in [0.717, 1.165) is 5.56 Å². The lowest BCUT2D eigenvalue weighted by atomic mass is 9.95. The van der Waals surface area contributed by atoms with Crippen LogP contribution in [0, 0.1) is 19.8 Å². The minimum absolute atomic E-state index is 0.00783. The quantitative estimate of drug-likeness (QED) is 0.720. The Morgan fingerprint density at radius 3 is 2.12 bits per heavy atom. The molecular weight excluding hydrogens is 442 g/mol. The molecule has 0 unspecified atom stereocenters. The van der Waals surface area contributed by atoms with Gasteiger partial charge in [-0.25, -0.2) is 8.42 Å². The minimum atomic E-state index is -3.53. The summed E-state index contributed by atoms with van der Waals surface area (Å²) in [7, 11) is -3.53. The Balaban J connectivity index is 1.25. The zero-order valence-corrected chi connectivity index (χ0v) is 19.9. The average Bonchev–Trinajstić information content (AvgIpc) is 3.26. The maximum Gasteiger partial charge on any atom is 0.287 e. The molecular formula is C24H31N3O5S. The molecule has 0 saturated carbocycles. The van der Waals surface area contributed by atoms with Gasteiger partial charge in [0.2, 0.25) is 15.9 Å². The molecule has 178 valence electrons. The molecule has 1 aromatic carbocycles. The molecule has 2 aromatic rings. The maximum absolute atomic E-state index is 13.0. The number of hydrogen-bond donors (Lipinski definition) is 1. The molecule has 33 heavy (non-hydrogen) atoms. The summed E-state index contributed by atoms with van der Waals surface area (Å²) in [6.45, 7) is 5.59. The van der Waals surface area contributed by atoms with Crippen LogP contribution in [0.3, 0.4) is 0 Å². The summed E-state index contributed by atoms with van der Waals surface area (Å²) in [5.41, 5.74) is 1.01. The Labute approximate surface area is 195 Å². The van der Waals surface area contributed by atoms with Crippen molar-refractivity contribution < 1.29 is 22.4 Å². The number of carbonyl (C=O) groups is 2. The van der Waals surface area contributed by atoms with E-state index in [4.69, 9.17) is 4.42 Å². The van der Waals surface area contributed by atoms with E-state index in [9.17, 15) is 18.0 Å². The molecule has 3 heterocycles. The van der Waals surface area contributed by atoms with Crippen molar-refractivity contribution in [2.45, 2.75) is 50.5 Å². The third-order valence-corrected chi connectivity index (χ3v) is 8.48. The molecule has 0 atom stereocenters. The van der Waals surface area contributed by atoms with Crippen LogP contribution in [-0.2, 0) is 14.8 Å². The smallest absolute Gasteiger partial charge is 0.287 e. The van der Waals surface area contributed by atoms with Crippen LogP contribution in [0.4, 0.5) is 0 Å². The van der Waals surface area contributed by atoms with E-state index in [1.807, 2.05) is 11.8 Å². The number of piperidine rings is 2. The maximum atomic E-state index is 13.0. The second kappa shape index (κ2) is 9.69. The van der Waals surface area contributed by atoms with Crippen molar-refractivity contribution in [3.8, 4) is 0 Å². The lowest BCUT2D eigenvalue weighted by Crippen LogP contribution is -2.49. The fraction of sp³-hybridized carbons (Fsp3) is 0.500. The molecule has 2 fully saturated rings. The van der Waals surface area contributed by atoms with E-state index >= 15 is 0 Å². The van der Waals surface area contributed by atoms with E-state index in [1.54, 1.807) is 43.3 Å². The van der Waals surface area contributed by atoms with Gasteiger partial charge in [-0.15, -0.1) is 0 Å². The highest BCUT2D eigenvalue weighted by molar-refractivity contribution is 7.89. The standard InChI is InChI=1S/C24H31N3O5S/c1-17-3-6-21(7-4-17)33(30,31)27-15-9-19(10-16-27)24(29)26-13-11-20(12-14-26)25-23(28)22-8-5-18(2)32-22/h3-8,19-20H,9-16H2,1-2H3,(H,25,28). The number of amides is 2. The number of benzene rings is 1. The highest BCUT2D eigenvalue weighted by Crippen LogP contribution is 2.26. The Morgan fingerprint density at radius 1 is 0.909 bits per heavy atom. The number of aryl methyl sites for hydroxylation is 2. The van der Waals surface area contributed by atoms with E-state index < -0.39 is 10.0 Å². The Hall–Kier alpha value is -2.65. The molecule has 2 saturated heterocycles. The monoisotopic (exact) mass is 473 g/mol. The molecule has 8 nitrogen and oxygen atoms in total. The van der Waals surface area contributed by atoms with Gasteiger partial charge in [0.05, 0.1) is 4.90 Å². The summed E-state index contributed by atoms with van der Waals surface area (Å²) < 4.78 is 32.6. The molecule has 1 aromatic heterocycles. The van der Waals surface area contributed by atoms with Gasteiger partial charge in [0, 0.05) is 38.1 Å². The molecule has 0 radical (unpaired) electrons. The number of likely N-dealkylation sites (tertiary alicyclic amines) is 1. The highest BCUT2D eigenvalue weighted by atomic mass is 32.2. The van der Waals surface area contributed by atoms with Gasteiger partial charge in [0.25, 0.3) is 5.91 Å². The fourth-order valence-corrected chi connectivity index (χ4v) is 5.99. The van der Waals surface area contributed by atoms with Gasteiger partial charge < -0.3 is 14.6 Å². The summed E-state index contributed by atoms with van der Waals surface area (Å²) in [5, 5.41) is 2.98. The van der Waals surface area contributed by atoms with Crippen molar-refractivity contribution in [1.29, 1.82) is 0 Å². The normalized spacial score (nSPS) is 18.9. The minimum Gasteiger partial charge on any atom is -0.456 e. The molecule has 1 N–H and O–H groups in total. The number of sulfonamides is 1. The fourth-order valence-electron chi connectivity index (χ4n) is 4.52. The van der Waals surface area contributed by atoms with Gasteiger partial charge in [-0.1, -0.05) is 17.7 Å². The molecule has 0 spiro atoms. The van der Waals surface area contributed by atoms with E-state index in [2.05, 4.69) is 5.32 Å². The van der Waals surface area contributed by atoms with Crippen LogP contribution in [0.1, 0.15) is 47.6 Å². The van der Waals surface area contributed by atoms with Crippen LogP contribution in [0.15, 0.2) is 45.7 Å². The van der Waals surface area contributed by atoms with Gasteiger partial charge >= 0.3 is 0 Å². The second-order valence-electron chi connectivity index (χ2n) is 8.97. The Kier molecular flexibility index (Phi) is 6.90. The topological polar surface area (TPSA) is 99.9 Å². The van der Waals surface area contributed by atoms with Crippen molar-refractivity contribution in [3.05, 3.63) is 53.5 Å². The molecule has 4 rings (SSSR count). The molecule has 0 bridgehead atoms. The molecule has 2 amide bonds. The van der Waals surface area contributed by atoms with Crippen LogP contribution >= 0.6 is 0 Å². The van der Waals surface area contributed by atoms with Crippen LogP contribution in [0.5, 0.6) is 0 Å². The van der Waals surface area contributed by atoms with Crippen LogP contribution in [-0.4, -0.2) is 61.7 Å². The van der Waals surface area contributed by atoms with E-state index in [1.165, 1.54) is 4.31 Å². The summed E-state index contributed by atoms with van der Waals surface area (Å²) in [4.78, 5) is 27.5. The van der Waals surface area contributed by atoms with Crippen molar-refractivity contribution in [2.24, 2.45) is 5.92 Å². The van der Waals surface area contributed by atoms with Crippen LogP contribution in [0.2, 0.25) is 0 Å². The lowest BCUT2D eigenvalue weighted by molar-refractivity contribution is -0.137. The predicted octanol–water partition coefficient (Wildman–Crippen LogP) is 2.72.